The molecule has 0 aliphatic carbocycles. The predicted octanol–water partition coefficient (Wildman–Crippen LogP) is 2.03. The Hall–Kier alpha value is -2.30. The minimum atomic E-state index is -0.150. The van der Waals surface area contributed by atoms with Gasteiger partial charge in [-0.25, -0.2) is 0 Å². The van der Waals surface area contributed by atoms with Crippen LogP contribution in [0.15, 0.2) is 34.9 Å². The molecule has 2 rings (SSSR count). The van der Waals surface area contributed by atoms with E-state index in [2.05, 4.69) is 10.5 Å². The lowest BCUT2D eigenvalue weighted by Crippen LogP contribution is -2.30. The Balaban J connectivity index is 1.68. The van der Waals surface area contributed by atoms with Crippen LogP contribution in [-0.4, -0.2) is 24.2 Å². The van der Waals surface area contributed by atoms with Crippen molar-refractivity contribution in [1.82, 2.24) is 10.5 Å². The lowest BCUT2D eigenvalue weighted by atomic mass is 10.2. The summed E-state index contributed by atoms with van der Waals surface area (Å²) in [5.41, 5.74) is 1.94. The molecule has 1 heterocycles. The summed E-state index contributed by atoms with van der Waals surface area (Å²) in [5, 5.41) is 6.56. The first-order chi connectivity index (χ1) is 9.63. The molecular weight excluding hydrogens is 256 g/mol. The average Bonchev–Trinajstić information content (AvgIpc) is 2.82. The highest BCUT2D eigenvalue weighted by molar-refractivity contribution is 5.77. The Bertz CT molecular complexity index is 578. The number of carbonyl (C=O) groups is 1. The molecule has 0 atom stereocenters. The van der Waals surface area contributed by atoms with E-state index >= 15 is 0 Å². The number of nitrogens with one attached hydrogen (secondary N) is 1. The van der Waals surface area contributed by atoms with Crippen molar-refractivity contribution in [2.75, 3.05) is 13.2 Å². The highest BCUT2D eigenvalue weighted by atomic mass is 16.5. The van der Waals surface area contributed by atoms with Crippen molar-refractivity contribution in [3.63, 3.8) is 0 Å². The lowest BCUT2D eigenvalue weighted by molar-refractivity contribution is -0.123. The Labute approximate surface area is 117 Å². The van der Waals surface area contributed by atoms with Gasteiger partial charge >= 0.3 is 0 Å². The summed E-state index contributed by atoms with van der Waals surface area (Å²) < 4.78 is 10.5. The van der Waals surface area contributed by atoms with E-state index < -0.39 is 0 Å². The SMILES string of the molecule is Cc1cccc(OCC(=O)NCCc2cc(C)no2)c1. The summed E-state index contributed by atoms with van der Waals surface area (Å²) in [7, 11) is 0. The lowest BCUT2D eigenvalue weighted by Gasteiger charge is -2.07. The van der Waals surface area contributed by atoms with Gasteiger partial charge in [-0.2, -0.15) is 0 Å². The Morgan fingerprint density at radius 2 is 2.20 bits per heavy atom. The zero-order valence-corrected chi connectivity index (χ0v) is 11.7. The van der Waals surface area contributed by atoms with Gasteiger partial charge in [0.25, 0.3) is 5.91 Å². The number of ether oxygens (including phenoxy) is 1. The maximum Gasteiger partial charge on any atom is 0.257 e. The van der Waals surface area contributed by atoms with Crippen molar-refractivity contribution in [2.24, 2.45) is 0 Å². The van der Waals surface area contributed by atoms with Crippen molar-refractivity contribution in [3.05, 3.63) is 47.3 Å². The molecule has 5 heteroatoms. The van der Waals surface area contributed by atoms with Crippen LogP contribution in [0, 0.1) is 13.8 Å². The van der Waals surface area contributed by atoms with Crippen molar-refractivity contribution in [1.29, 1.82) is 0 Å². The van der Waals surface area contributed by atoms with E-state index in [0.29, 0.717) is 18.7 Å². The van der Waals surface area contributed by atoms with Crippen LogP contribution in [0.3, 0.4) is 0 Å². The van der Waals surface area contributed by atoms with Gasteiger partial charge in [0.15, 0.2) is 6.61 Å². The molecule has 1 amide bonds. The molecule has 0 fully saturated rings. The van der Waals surface area contributed by atoms with Crippen molar-refractivity contribution < 1.29 is 14.1 Å². The van der Waals surface area contributed by atoms with E-state index in [4.69, 9.17) is 9.26 Å². The van der Waals surface area contributed by atoms with Gasteiger partial charge < -0.3 is 14.6 Å². The molecule has 2 aromatic rings. The van der Waals surface area contributed by atoms with Gasteiger partial charge in [-0.05, 0) is 31.5 Å². The molecule has 1 aromatic carbocycles. The number of benzene rings is 1. The van der Waals surface area contributed by atoms with E-state index in [1.807, 2.05) is 44.2 Å². The normalized spacial score (nSPS) is 10.3. The second-order valence-electron chi connectivity index (χ2n) is 4.64. The summed E-state index contributed by atoms with van der Waals surface area (Å²) in [4.78, 5) is 11.6. The fourth-order valence-corrected chi connectivity index (χ4v) is 1.76. The van der Waals surface area contributed by atoms with E-state index in [9.17, 15) is 4.79 Å². The molecule has 106 valence electrons. The first kappa shape index (κ1) is 14.1. The third-order valence-electron chi connectivity index (χ3n) is 2.73. The van der Waals surface area contributed by atoms with Crippen molar-refractivity contribution >= 4 is 5.91 Å². The van der Waals surface area contributed by atoms with Gasteiger partial charge in [0, 0.05) is 19.0 Å². The minimum absolute atomic E-state index is 0.0128. The highest BCUT2D eigenvalue weighted by Crippen LogP contribution is 2.11. The molecular formula is C15H18N2O3. The molecule has 0 aliphatic rings. The number of amides is 1. The minimum Gasteiger partial charge on any atom is -0.484 e. The Kier molecular flexibility index (Phi) is 4.76. The summed E-state index contributed by atoms with van der Waals surface area (Å²) in [6.07, 6.45) is 0.622. The third-order valence-corrected chi connectivity index (χ3v) is 2.73. The average molecular weight is 274 g/mol. The molecule has 0 saturated heterocycles. The van der Waals surface area contributed by atoms with E-state index in [0.717, 1.165) is 17.0 Å². The maximum atomic E-state index is 11.6. The first-order valence-corrected chi connectivity index (χ1v) is 6.52. The smallest absolute Gasteiger partial charge is 0.257 e. The van der Waals surface area contributed by atoms with Crippen LogP contribution in [0.5, 0.6) is 5.75 Å². The van der Waals surface area contributed by atoms with Crippen LogP contribution in [-0.2, 0) is 11.2 Å². The van der Waals surface area contributed by atoms with Crippen LogP contribution in [0.4, 0.5) is 0 Å². The van der Waals surface area contributed by atoms with Crippen LogP contribution >= 0.6 is 0 Å². The monoisotopic (exact) mass is 274 g/mol. The summed E-state index contributed by atoms with van der Waals surface area (Å²) in [6.45, 7) is 4.36. The number of hydrogen-bond donors (Lipinski definition) is 1. The Morgan fingerprint density at radius 1 is 1.35 bits per heavy atom. The molecule has 0 spiro atoms. The maximum absolute atomic E-state index is 11.6. The van der Waals surface area contributed by atoms with E-state index in [1.54, 1.807) is 0 Å². The highest BCUT2D eigenvalue weighted by Gasteiger charge is 2.04. The predicted molar refractivity (Wildman–Crippen MR) is 74.6 cm³/mol. The fourth-order valence-electron chi connectivity index (χ4n) is 1.76. The third kappa shape index (κ3) is 4.42. The van der Waals surface area contributed by atoms with Gasteiger partial charge in [0.1, 0.15) is 11.5 Å². The molecule has 0 aliphatic heterocycles. The number of carbonyl (C=O) groups excluding carboxylic acids is 1. The van der Waals surface area contributed by atoms with Crippen molar-refractivity contribution in [2.45, 2.75) is 20.3 Å². The number of aryl methyl sites for hydroxylation is 2. The first-order valence-electron chi connectivity index (χ1n) is 6.52. The quantitative estimate of drug-likeness (QED) is 0.875. The molecule has 5 nitrogen and oxygen atoms in total. The number of aromatic nitrogens is 1. The second kappa shape index (κ2) is 6.75. The van der Waals surface area contributed by atoms with Crippen LogP contribution in [0.2, 0.25) is 0 Å². The molecule has 0 bridgehead atoms. The number of nitrogens with zero attached hydrogens (tertiary/aromatic N) is 1. The Morgan fingerprint density at radius 3 is 2.90 bits per heavy atom. The zero-order valence-electron chi connectivity index (χ0n) is 11.7. The summed E-state index contributed by atoms with van der Waals surface area (Å²) >= 11 is 0. The standard InChI is InChI=1S/C15H18N2O3/c1-11-4-3-5-13(8-11)19-10-15(18)16-7-6-14-9-12(2)17-20-14/h3-5,8-9H,6-7,10H2,1-2H3,(H,16,18). The molecule has 0 radical (unpaired) electrons. The van der Waals surface area contributed by atoms with Gasteiger partial charge in [-0.3, -0.25) is 4.79 Å². The van der Waals surface area contributed by atoms with Crippen molar-refractivity contribution in [3.8, 4) is 5.75 Å². The molecule has 0 unspecified atom stereocenters. The summed E-state index contributed by atoms with van der Waals surface area (Å²) in [5.74, 6) is 1.32. The van der Waals surface area contributed by atoms with Gasteiger partial charge in [0.05, 0.1) is 5.69 Å². The van der Waals surface area contributed by atoms with Gasteiger partial charge in [0.2, 0.25) is 0 Å². The molecule has 20 heavy (non-hydrogen) atoms. The van der Waals surface area contributed by atoms with Crippen LogP contribution in [0.1, 0.15) is 17.0 Å². The molecule has 1 aromatic heterocycles. The van der Waals surface area contributed by atoms with E-state index in [1.165, 1.54) is 0 Å². The molecule has 1 N–H and O–H groups in total. The number of rotatable bonds is 6. The largest absolute Gasteiger partial charge is 0.484 e. The van der Waals surface area contributed by atoms with Crippen LogP contribution < -0.4 is 10.1 Å². The second-order valence-corrected chi connectivity index (χ2v) is 4.64. The zero-order chi connectivity index (χ0) is 14.4. The fraction of sp³-hybridized carbons (Fsp3) is 0.333. The van der Waals surface area contributed by atoms with Gasteiger partial charge in [-0.1, -0.05) is 17.3 Å². The van der Waals surface area contributed by atoms with Gasteiger partial charge in [-0.15, -0.1) is 0 Å². The summed E-state index contributed by atoms with van der Waals surface area (Å²) in [6, 6.07) is 9.46. The molecule has 0 saturated carbocycles. The van der Waals surface area contributed by atoms with Crippen LogP contribution in [0.25, 0.3) is 0 Å². The topological polar surface area (TPSA) is 64.4 Å². The van der Waals surface area contributed by atoms with E-state index in [-0.39, 0.29) is 12.5 Å². The number of hydrogen-bond acceptors (Lipinski definition) is 4.